The fourth-order valence-electron chi connectivity index (χ4n) is 1.22. The summed E-state index contributed by atoms with van der Waals surface area (Å²) >= 11 is 7.93. The lowest BCUT2D eigenvalue weighted by Gasteiger charge is -2.05. The number of aromatic nitrogens is 2. The van der Waals surface area contributed by atoms with Crippen molar-refractivity contribution >= 4 is 45.9 Å². The molecule has 0 aliphatic rings. The lowest BCUT2D eigenvalue weighted by molar-refractivity contribution is 0.102. The highest BCUT2D eigenvalue weighted by atomic mass is 127. The summed E-state index contributed by atoms with van der Waals surface area (Å²) in [6.07, 6.45) is 4.53. The van der Waals surface area contributed by atoms with E-state index in [9.17, 15) is 4.79 Å². The van der Waals surface area contributed by atoms with Crippen molar-refractivity contribution in [3.8, 4) is 0 Å². The highest BCUT2D eigenvalue weighted by Gasteiger charge is 2.11. The molecule has 0 unspecified atom stereocenters. The molecule has 2 rings (SSSR count). The summed E-state index contributed by atoms with van der Waals surface area (Å²) in [5.74, 6) is 0.158. The van der Waals surface area contributed by atoms with Crippen molar-refractivity contribution in [3.05, 3.63) is 50.9 Å². The zero-order valence-electron chi connectivity index (χ0n) is 8.52. The van der Waals surface area contributed by atoms with E-state index in [0.29, 0.717) is 16.4 Å². The summed E-state index contributed by atoms with van der Waals surface area (Å²) in [4.78, 5) is 19.8. The molecule has 0 fully saturated rings. The maximum absolute atomic E-state index is 11.9. The molecule has 0 radical (unpaired) electrons. The quantitative estimate of drug-likeness (QED) is 0.839. The number of anilines is 1. The van der Waals surface area contributed by atoms with Gasteiger partial charge in [-0.3, -0.25) is 9.78 Å². The Morgan fingerprint density at radius 3 is 2.88 bits per heavy atom. The van der Waals surface area contributed by atoms with Crippen molar-refractivity contribution in [1.29, 1.82) is 0 Å². The van der Waals surface area contributed by atoms with Gasteiger partial charge in [0.15, 0.2) is 5.82 Å². The zero-order chi connectivity index (χ0) is 12.3. The molecule has 4 nitrogen and oxygen atoms in total. The largest absolute Gasteiger partial charge is 0.305 e. The van der Waals surface area contributed by atoms with E-state index in [4.69, 9.17) is 11.6 Å². The lowest BCUT2D eigenvalue weighted by atomic mass is 10.2. The Morgan fingerprint density at radius 2 is 2.18 bits per heavy atom. The third-order valence-electron chi connectivity index (χ3n) is 1.98. The summed E-state index contributed by atoms with van der Waals surface area (Å²) in [5, 5.41) is 3.17. The number of benzene rings is 1. The van der Waals surface area contributed by atoms with E-state index in [-0.39, 0.29) is 5.91 Å². The summed E-state index contributed by atoms with van der Waals surface area (Å²) < 4.78 is 0.827. The van der Waals surface area contributed by atoms with Crippen LogP contribution in [0.2, 0.25) is 5.02 Å². The van der Waals surface area contributed by atoms with Gasteiger partial charge in [0.1, 0.15) is 0 Å². The minimum Gasteiger partial charge on any atom is -0.305 e. The Morgan fingerprint density at radius 1 is 1.35 bits per heavy atom. The average Bonchev–Trinajstić information content (AvgIpc) is 2.33. The Kier molecular flexibility index (Phi) is 3.90. The monoisotopic (exact) mass is 359 g/mol. The molecule has 86 valence electrons. The number of carbonyl (C=O) groups is 1. The van der Waals surface area contributed by atoms with Crippen LogP contribution in [0.25, 0.3) is 0 Å². The minimum atomic E-state index is -0.252. The van der Waals surface area contributed by atoms with Crippen LogP contribution in [-0.2, 0) is 0 Å². The SMILES string of the molecule is O=C(Nc1cnccn1)c1cc(Cl)ccc1I. The maximum Gasteiger partial charge on any atom is 0.257 e. The molecule has 6 heteroatoms. The molecule has 0 saturated carbocycles. The second-order valence-corrected chi connectivity index (χ2v) is 4.77. The first kappa shape index (κ1) is 12.3. The van der Waals surface area contributed by atoms with E-state index in [1.54, 1.807) is 24.4 Å². The van der Waals surface area contributed by atoms with Gasteiger partial charge in [-0.05, 0) is 40.8 Å². The van der Waals surface area contributed by atoms with Crippen LogP contribution in [0.15, 0.2) is 36.8 Å². The van der Waals surface area contributed by atoms with Crippen molar-refractivity contribution in [1.82, 2.24) is 9.97 Å². The van der Waals surface area contributed by atoms with Crippen LogP contribution in [0, 0.1) is 3.57 Å². The third-order valence-corrected chi connectivity index (χ3v) is 3.15. The fraction of sp³-hybridized carbons (Fsp3) is 0. The molecule has 0 spiro atoms. The summed E-state index contributed by atoms with van der Waals surface area (Å²) in [6.45, 7) is 0. The van der Waals surface area contributed by atoms with E-state index in [1.807, 2.05) is 0 Å². The molecule has 0 atom stereocenters. The van der Waals surface area contributed by atoms with Crippen LogP contribution in [0.1, 0.15) is 10.4 Å². The number of halogens is 2. The van der Waals surface area contributed by atoms with E-state index < -0.39 is 0 Å². The van der Waals surface area contributed by atoms with Crippen LogP contribution < -0.4 is 5.32 Å². The number of nitrogens with zero attached hydrogens (tertiary/aromatic N) is 2. The molecule has 1 N–H and O–H groups in total. The average molecular weight is 360 g/mol. The molecule has 0 aliphatic heterocycles. The molecule has 17 heavy (non-hydrogen) atoms. The Bertz CT molecular complexity index is 548. The molecular formula is C11H7ClIN3O. The van der Waals surface area contributed by atoms with Crippen LogP contribution in [-0.4, -0.2) is 15.9 Å². The van der Waals surface area contributed by atoms with Gasteiger partial charge in [0, 0.05) is 21.0 Å². The number of nitrogens with one attached hydrogen (secondary N) is 1. The molecule has 0 saturated heterocycles. The van der Waals surface area contributed by atoms with E-state index in [1.165, 1.54) is 12.4 Å². The normalized spacial score (nSPS) is 10.0. The molecule has 1 aromatic heterocycles. The number of hydrogen-bond donors (Lipinski definition) is 1. The van der Waals surface area contributed by atoms with Gasteiger partial charge in [0.2, 0.25) is 0 Å². The van der Waals surface area contributed by atoms with Gasteiger partial charge in [-0.15, -0.1) is 0 Å². The van der Waals surface area contributed by atoms with E-state index >= 15 is 0 Å². The van der Waals surface area contributed by atoms with Crippen molar-refractivity contribution in [2.24, 2.45) is 0 Å². The molecule has 2 aromatic rings. The van der Waals surface area contributed by atoms with Gasteiger partial charge in [0.25, 0.3) is 5.91 Å². The number of rotatable bonds is 2. The van der Waals surface area contributed by atoms with Crippen molar-refractivity contribution in [2.45, 2.75) is 0 Å². The maximum atomic E-state index is 11.9. The third kappa shape index (κ3) is 3.13. The van der Waals surface area contributed by atoms with Gasteiger partial charge < -0.3 is 5.32 Å². The van der Waals surface area contributed by atoms with Crippen molar-refractivity contribution in [2.75, 3.05) is 5.32 Å². The Hall–Kier alpha value is -1.21. The van der Waals surface area contributed by atoms with Crippen LogP contribution in [0.4, 0.5) is 5.82 Å². The Labute approximate surface area is 117 Å². The predicted octanol–water partition coefficient (Wildman–Crippen LogP) is 2.99. The highest BCUT2D eigenvalue weighted by molar-refractivity contribution is 14.1. The van der Waals surface area contributed by atoms with Crippen LogP contribution in [0.3, 0.4) is 0 Å². The minimum absolute atomic E-state index is 0.252. The zero-order valence-corrected chi connectivity index (χ0v) is 11.4. The van der Waals surface area contributed by atoms with Gasteiger partial charge >= 0.3 is 0 Å². The fourth-order valence-corrected chi connectivity index (χ4v) is 1.97. The molecular weight excluding hydrogens is 352 g/mol. The second-order valence-electron chi connectivity index (χ2n) is 3.17. The van der Waals surface area contributed by atoms with E-state index in [0.717, 1.165) is 3.57 Å². The number of carbonyl (C=O) groups excluding carboxylic acids is 1. The number of hydrogen-bond acceptors (Lipinski definition) is 3. The Balaban J connectivity index is 2.23. The highest BCUT2D eigenvalue weighted by Crippen LogP contribution is 2.18. The van der Waals surface area contributed by atoms with Gasteiger partial charge in [-0.1, -0.05) is 11.6 Å². The van der Waals surface area contributed by atoms with Crippen LogP contribution >= 0.6 is 34.2 Å². The molecule has 1 heterocycles. The van der Waals surface area contributed by atoms with E-state index in [2.05, 4.69) is 37.9 Å². The lowest BCUT2D eigenvalue weighted by Crippen LogP contribution is -2.14. The first-order valence-electron chi connectivity index (χ1n) is 4.69. The summed E-state index contributed by atoms with van der Waals surface area (Å²) in [5.41, 5.74) is 0.517. The molecule has 0 aliphatic carbocycles. The standard InChI is InChI=1S/C11H7ClIN3O/c12-7-1-2-9(13)8(5-7)11(17)16-10-6-14-3-4-15-10/h1-6H,(H,15,16,17). The number of amides is 1. The van der Waals surface area contributed by atoms with Gasteiger partial charge in [-0.2, -0.15) is 0 Å². The second kappa shape index (κ2) is 5.42. The predicted molar refractivity (Wildman–Crippen MR) is 74.2 cm³/mol. The summed E-state index contributed by atoms with van der Waals surface area (Å²) in [7, 11) is 0. The van der Waals surface area contributed by atoms with Crippen molar-refractivity contribution < 1.29 is 4.79 Å². The van der Waals surface area contributed by atoms with Crippen molar-refractivity contribution in [3.63, 3.8) is 0 Å². The first-order valence-corrected chi connectivity index (χ1v) is 6.15. The summed E-state index contributed by atoms with van der Waals surface area (Å²) in [6, 6.07) is 5.14. The van der Waals surface area contributed by atoms with Gasteiger partial charge in [0.05, 0.1) is 11.8 Å². The smallest absolute Gasteiger partial charge is 0.257 e. The molecule has 1 amide bonds. The van der Waals surface area contributed by atoms with Crippen LogP contribution in [0.5, 0.6) is 0 Å². The molecule has 1 aromatic carbocycles. The van der Waals surface area contributed by atoms with Gasteiger partial charge in [-0.25, -0.2) is 4.98 Å². The first-order chi connectivity index (χ1) is 8.16. The topological polar surface area (TPSA) is 54.9 Å². The molecule has 0 bridgehead atoms.